The molecule has 3 N–H and O–H groups in total. The van der Waals surface area contributed by atoms with Gasteiger partial charge in [-0.05, 0) is 24.6 Å². The SMILES string of the molecule is NCCc1c(Cl)[nH]c2ccc([N+](=O)[O-])cc12. The van der Waals surface area contributed by atoms with Crippen molar-refractivity contribution >= 4 is 28.2 Å². The third-order valence-electron chi connectivity index (χ3n) is 2.44. The van der Waals surface area contributed by atoms with Crippen LogP contribution in [0.2, 0.25) is 5.15 Å². The first-order valence-electron chi connectivity index (χ1n) is 4.78. The second-order valence-electron chi connectivity index (χ2n) is 3.44. The summed E-state index contributed by atoms with van der Waals surface area (Å²) in [4.78, 5) is 13.2. The lowest BCUT2D eigenvalue weighted by molar-refractivity contribution is -0.384. The van der Waals surface area contributed by atoms with Crippen molar-refractivity contribution < 1.29 is 4.92 Å². The number of fused-ring (bicyclic) bond motifs is 1. The van der Waals surface area contributed by atoms with E-state index in [-0.39, 0.29) is 5.69 Å². The molecule has 0 atom stereocenters. The first kappa shape index (κ1) is 10.9. The maximum atomic E-state index is 10.7. The number of H-pyrrole nitrogens is 1. The van der Waals surface area contributed by atoms with Gasteiger partial charge in [-0.1, -0.05) is 11.6 Å². The van der Waals surface area contributed by atoms with Crippen LogP contribution in [0.15, 0.2) is 18.2 Å². The van der Waals surface area contributed by atoms with E-state index >= 15 is 0 Å². The molecule has 0 aliphatic carbocycles. The van der Waals surface area contributed by atoms with Crippen LogP contribution in [0.5, 0.6) is 0 Å². The van der Waals surface area contributed by atoms with Crippen molar-refractivity contribution in [3.8, 4) is 0 Å². The fraction of sp³-hybridized carbons (Fsp3) is 0.200. The maximum absolute atomic E-state index is 10.7. The van der Waals surface area contributed by atoms with Crippen LogP contribution in [-0.2, 0) is 6.42 Å². The van der Waals surface area contributed by atoms with Crippen LogP contribution < -0.4 is 5.73 Å². The maximum Gasteiger partial charge on any atom is 0.270 e. The molecule has 0 bridgehead atoms. The van der Waals surface area contributed by atoms with Gasteiger partial charge in [0.25, 0.3) is 5.69 Å². The molecule has 6 heteroatoms. The summed E-state index contributed by atoms with van der Waals surface area (Å²) in [6.45, 7) is 0.454. The number of nitrogens with one attached hydrogen (secondary N) is 1. The van der Waals surface area contributed by atoms with E-state index in [0.717, 1.165) is 16.5 Å². The van der Waals surface area contributed by atoms with Crippen molar-refractivity contribution in [1.29, 1.82) is 0 Å². The average molecular weight is 240 g/mol. The zero-order valence-electron chi connectivity index (χ0n) is 8.37. The summed E-state index contributed by atoms with van der Waals surface area (Å²) in [6.07, 6.45) is 0.597. The number of rotatable bonds is 3. The van der Waals surface area contributed by atoms with E-state index in [1.54, 1.807) is 6.07 Å². The summed E-state index contributed by atoms with van der Waals surface area (Å²) in [5.41, 5.74) is 7.15. The van der Waals surface area contributed by atoms with E-state index in [9.17, 15) is 10.1 Å². The molecule has 0 aliphatic rings. The number of halogens is 1. The Morgan fingerprint density at radius 1 is 1.50 bits per heavy atom. The van der Waals surface area contributed by atoms with Crippen LogP contribution in [0, 0.1) is 10.1 Å². The quantitative estimate of drug-likeness (QED) is 0.636. The highest BCUT2D eigenvalue weighted by Crippen LogP contribution is 2.29. The Balaban J connectivity index is 2.64. The van der Waals surface area contributed by atoms with E-state index < -0.39 is 4.92 Å². The number of aromatic nitrogens is 1. The lowest BCUT2D eigenvalue weighted by Gasteiger charge is -1.97. The highest BCUT2D eigenvalue weighted by molar-refractivity contribution is 6.31. The number of nitrogens with zero attached hydrogens (tertiary/aromatic N) is 1. The Bertz CT molecular complexity index is 550. The Kier molecular flexibility index (Phi) is 2.80. The summed E-state index contributed by atoms with van der Waals surface area (Å²) in [6, 6.07) is 4.61. The van der Waals surface area contributed by atoms with Gasteiger partial charge in [0.05, 0.1) is 4.92 Å². The monoisotopic (exact) mass is 239 g/mol. The van der Waals surface area contributed by atoms with Gasteiger partial charge in [0.15, 0.2) is 0 Å². The van der Waals surface area contributed by atoms with E-state index in [1.807, 2.05) is 0 Å². The van der Waals surface area contributed by atoms with Gasteiger partial charge < -0.3 is 10.7 Å². The van der Waals surface area contributed by atoms with Gasteiger partial charge in [-0.25, -0.2) is 0 Å². The summed E-state index contributed by atoms with van der Waals surface area (Å²) in [5.74, 6) is 0. The van der Waals surface area contributed by atoms with Crippen molar-refractivity contribution in [3.63, 3.8) is 0 Å². The molecular formula is C10H10ClN3O2. The first-order chi connectivity index (χ1) is 7.63. The molecule has 0 unspecified atom stereocenters. The lowest BCUT2D eigenvalue weighted by Crippen LogP contribution is -2.02. The molecule has 2 rings (SSSR count). The van der Waals surface area contributed by atoms with Crippen molar-refractivity contribution in [1.82, 2.24) is 4.98 Å². The van der Waals surface area contributed by atoms with Crippen LogP contribution in [0.4, 0.5) is 5.69 Å². The van der Waals surface area contributed by atoms with Gasteiger partial charge in [0, 0.05) is 23.0 Å². The molecule has 84 valence electrons. The van der Waals surface area contributed by atoms with Gasteiger partial charge in [0.2, 0.25) is 0 Å². The highest BCUT2D eigenvalue weighted by Gasteiger charge is 2.13. The highest BCUT2D eigenvalue weighted by atomic mass is 35.5. The Hall–Kier alpha value is -1.59. The van der Waals surface area contributed by atoms with Crippen molar-refractivity contribution in [2.24, 2.45) is 5.73 Å². The molecule has 0 radical (unpaired) electrons. The number of nitrogens with two attached hydrogens (primary N) is 1. The Morgan fingerprint density at radius 2 is 2.25 bits per heavy atom. The normalized spacial score (nSPS) is 10.9. The van der Waals surface area contributed by atoms with Crippen molar-refractivity contribution in [2.75, 3.05) is 6.54 Å². The van der Waals surface area contributed by atoms with E-state index in [4.69, 9.17) is 17.3 Å². The second-order valence-corrected chi connectivity index (χ2v) is 3.82. The number of hydrogen-bond acceptors (Lipinski definition) is 3. The van der Waals surface area contributed by atoms with Gasteiger partial charge in [-0.15, -0.1) is 0 Å². The standard InChI is InChI=1S/C10H10ClN3O2/c11-10-7(3-4-12)8-5-6(14(15)16)1-2-9(8)13-10/h1-2,5,13H,3-4,12H2. The summed E-state index contributed by atoms with van der Waals surface area (Å²) in [5, 5.41) is 11.9. The molecule has 0 aliphatic heterocycles. The summed E-state index contributed by atoms with van der Waals surface area (Å²) in [7, 11) is 0. The van der Waals surface area contributed by atoms with E-state index in [2.05, 4.69) is 4.98 Å². The lowest BCUT2D eigenvalue weighted by atomic mass is 10.1. The molecule has 2 aromatic rings. The van der Waals surface area contributed by atoms with Crippen LogP contribution in [0.1, 0.15) is 5.56 Å². The topological polar surface area (TPSA) is 85.0 Å². The number of benzene rings is 1. The molecule has 1 heterocycles. The zero-order chi connectivity index (χ0) is 11.7. The molecule has 16 heavy (non-hydrogen) atoms. The fourth-order valence-corrected chi connectivity index (χ4v) is 2.00. The molecule has 1 aromatic carbocycles. The largest absolute Gasteiger partial charge is 0.345 e. The second kappa shape index (κ2) is 4.11. The molecule has 0 amide bonds. The van der Waals surface area contributed by atoms with E-state index in [0.29, 0.717) is 18.1 Å². The molecule has 0 saturated heterocycles. The van der Waals surface area contributed by atoms with Crippen LogP contribution in [-0.4, -0.2) is 16.5 Å². The molecule has 0 fully saturated rings. The Morgan fingerprint density at radius 3 is 2.88 bits per heavy atom. The molecule has 0 spiro atoms. The summed E-state index contributed by atoms with van der Waals surface area (Å²) >= 11 is 6.00. The zero-order valence-corrected chi connectivity index (χ0v) is 9.12. The smallest absolute Gasteiger partial charge is 0.270 e. The molecular weight excluding hydrogens is 230 g/mol. The van der Waals surface area contributed by atoms with Crippen molar-refractivity contribution in [3.05, 3.63) is 39.0 Å². The van der Waals surface area contributed by atoms with Crippen LogP contribution in [0.3, 0.4) is 0 Å². The fourth-order valence-electron chi connectivity index (χ4n) is 1.71. The van der Waals surface area contributed by atoms with Gasteiger partial charge in [-0.2, -0.15) is 0 Å². The third kappa shape index (κ3) is 1.75. The van der Waals surface area contributed by atoms with Crippen LogP contribution in [0.25, 0.3) is 10.9 Å². The average Bonchev–Trinajstić information content (AvgIpc) is 2.55. The van der Waals surface area contributed by atoms with Crippen molar-refractivity contribution in [2.45, 2.75) is 6.42 Å². The number of non-ortho nitro benzene ring substituents is 1. The van der Waals surface area contributed by atoms with Gasteiger partial charge in [-0.3, -0.25) is 10.1 Å². The first-order valence-corrected chi connectivity index (χ1v) is 5.16. The number of nitro benzene ring substituents is 1. The minimum Gasteiger partial charge on any atom is -0.345 e. The third-order valence-corrected chi connectivity index (χ3v) is 2.77. The van der Waals surface area contributed by atoms with Gasteiger partial charge in [0.1, 0.15) is 5.15 Å². The minimum absolute atomic E-state index is 0.0569. The summed E-state index contributed by atoms with van der Waals surface area (Å²) < 4.78 is 0. The van der Waals surface area contributed by atoms with E-state index in [1.165, 1.54) is 12.1 Å². The number of aromatic amines is 1. The molecule has 5 nitrogen and oxygen atoms in total. The minimum atomic E-state index is -0.424. The van der Waals surface area contributed by atoms with Crippen LogP contribution >= 0.6 is 11.6 Å². The number of hydrogen-bond donors (Lipinski definition) is 2. The predicted octanol–water partition coefficient (Wildman–Crippen LogP) is 2.23. The Labute approximate surface area is 96.3 Å². The molecule has 0 saturated carbocycles. The number of nitro groups is 1. The van der Waals surface area contributed by atoms with Gasteiger partial charge >= 0.3 is 0 Å². The predicted molar refractivity (Wildman–Crippen MR) is 62.7 cm³/mol. The molecule has 1 aromatic heterocycles.